The minimum Gasteiger partial charge on any atom is -0.478 e. The van der Waals surface area contributed by atoms with E-state index in [0.29, 0.717) is 17.5 Å². The van der Waals surface area contributed by atoms with Crippen molar-refractivity contribution in [2.45, 2.75) is 20.3 Å². The third kappa shape index (κ3) is 5.56. The third-order valence-electron chi connectivity index (χ3n) is 2.53. The number of rotatable bonds is 5. The molecule has 0 aromatic heterocycles. The Morgan fingerprint density at radius 1 is 1.30 bits per heavy atom. The highest BCUT2D eigenvalue weighted by atomic mass is 127. The molecule has 0 aliphatic heterocycles. The zero-order valence-electron chi connectivity index (χ0n) is 11.3. The molecule has 0 radical (unpaired) electrons. The van der Waals surface area contributed by atoms with Gasteiger partial charge in [-0.15, -0.1) is 3.53 Å². The molecular formula is C15H17INO3+. The number of allylic oxidation sites excluding steroid dienone is 2. The zero-order valence-corrected chi connectivity index (χ0v) is 13.7. The van der Waals surface area contributed by atoms with E-state index in [9.17, 15) is 9.59 Å². The summed E-state index contributed by atoms with van der Waals surface area (Å²) in [6.45, 7) is 4.02. The lowest BCUT2D eigenvalue weighted by molar-refractivity contribution is -0.422. The van der Waals surface area contributed by atoms with Gasteiger partial charge in [-0.1, -0.05) is 17.7 Å². The first-order chi connectivity index (χ1) is 9.42. The number of benzene rings is 1. The Balaban J connectivity index is 3.16. The van der Waals surface area contributed by atoms with Crippen LogP contribution in [0.3, 0.4) is 0 Å². The fourth-order valence-corrected chi connectivity index (χ4v) is 1.95. The van der Waals surface area contributed by atoms with E-state index in [1.807, 2.05) is 26.0 Å². The van der Waals surface area contributed by atoms with Gasteiger partial charge < -0.3 is 5.11 Å². The average molecular weight is 386 g/mol. The maximum Gasteiger partial charge on any atom is 0.404 e. The minimum absolute atomic E-state index is 0.182. The number of hydrogen-bond acceptors (Lipinski definition) is 2. The lowest BCUT2D eigenvalue weighted by atomic mass is 10.0. The first-order valence-corrected chi connectivity index (χ1v) is 7.19. The molecule has 106 valence electrons. The Kier molecular flexibility index (Phi) is 6.44. The van der Waals surface area contributed by atoms with Crippen molar-refractivity contribution in [1.82, 2.24) is 3.53 Å². The summed E-state index contributed by atoms with van der Waals surface area (Å²) >= 11 is 1.50. The first kappa shape index (κ1) is 16.4. The summed E-state index contributed by atoms with van der Waals surface area (Å²) in [4.78, 5) is 22.3. The molecule has 5 heteroatoms. The Bertz CT molecular complexity index is 572. The number of amides is 1. The molecule has 0 saturated heterocycles. The van der Waals surface area contributed by atoms with Gasteiger partial charge in [0, 0.05) is 11.6 Å². The maximum absolute atomic E-state index is 11.7. The number of carboxylic acids is 1. The predicted molar refractivity (Wildman–Crippen MR) is 75.1 cm³/mol. The number of carbonyl (C=O) groups is 2. The van der Waals surface area contributed by atoms with Gasteiger partial charge in [0.15, 0.2) is 0 Å². The normalized spacial score (nSPS) is 10.3. The molecule has 1 aromatic rings. The van der Waals surface area contributed by atoms with Crippen LogP contribution in [0.4, 0.5) is 0 Å². The Hall–Kier alpha value is -1.63. The van der Waals surface area contributed by atoms with Crippen LogP contribution < -0.4 is 26.4 Å². The van der Waals surface area contributed by atoms with Crippen LogP contribution in [0, 0.1) is 0 Å². The van der Waals surface area contributed by atoms with Gasteiger partial charge >= 0.3 is 28.8 Å². The molecule has 4 nitrogen and oxygen atoms in total. The summed E-state index contributed by atoms with van der Waals surface area (Å²) in [5.41, 5.74) is 3.39. The Labute approximate surface area is 132 Å². The first-order valence-electron chi connectivity index (χ1n) is 6.03. The fraction of sp³-hybridized carbons (Fsp3) is 0.200. The van der Waals surface area contributed by atoms with E-state index in [0.717, 1.165) is 11.6 Å². The summed E-state index contributed by atoms with van der Waals surface area (Å²) in [5.74, 6) is -1.19. The summed E-state index contributed by atoms with van der Waals surface area (Å²) in [6, 6.07) is 5.37. The van der Waals surface area contributed by atoms with Gasteiger partial charge in [0.05, 0.1) is 0 Å². The highest BCUT2D eigenvalue weighted by molar-refractivity contribution is 5.94. The molecule has 0 fully saturated rings. The van der Waals surface area contributed by atoms with E-state index in [1.54, 1.807) is 6.07 Å². The van der Waals surface area contributed by atoms with E-state index in [4.69, 9.17) is 5.11 Å². The molecule has 1 aromatic carbocycles. The maximum atomic E-state index is 11.7. The van der Waals surface area contributed by atoms with Crippen LogP contribution in [0.2, 0.25) is 0 Å². The van der Waals surface area contributed by atoms with Gasteiger partial charge in [-0.25, -0.2) is 4.79 Å². The van der Waals surface area contributed by atoms with E-state index < -0.39 is 5.97 Å². The smallest absolute Gasteiger partial charge is 0.404 e. The fourth-order valence-electron chi connectivity index (χ4n) is 1.61. The zero-order chi connectivity index (χ0) is 15.1. The highest BCUT2D eigenvalue weighted by Gasteiger charge is 2.09. The standard InChI is InChI=1S/C15H16INO3/c1-10(2)3-4-11-7-12(5-6-14(18)19)9-13(8-11)15(20)17-16/h3,5-9,16H,4H2,1-2H3,(H-,17,18,19,20)/p+1/b6-5+. The second kappa shape index (κ2) is 7.84. The lowest BCUT2D eigenvalue weighted by Crippen LogP contribution is -3.42. The number of carbonyl (C=O) groups excluding carboxylic acids is 1. The molecule has 0 heterocycles. The molecule has 0 saturated carbocycles. The van der Waals surface area contributed by atoms with Crippen LogP contribution >= 0.6 is 0 Å². The number of carboxylic acid groups (broad SMARTS) is 1. The lowest BCUT2D eigenvalue weighted by Gasteiger charge is -2.04. The van der Waals surface area contributed by atoms with Crippen LogP contribution in [0.15, 0.2) is 35.9 Å². The van der Waals surface area contributed by atoms with E-state index >= 15 is 0 Å². The van der Waals surface area contributed by atoms with Crippen molar-refractivity contribution in [1.29, 1.82) is 0 Å². The molecule has 1 amide bonds. The Morgan fingerprint density at radius 2 is 2.00 bits per heavy atom. The summed E-state index contributed by atoms with van der Waals surface area (Å²) in [7, 11) is 0. The molecule has 1 rings (SSSR count). The largest absolute Gasteiger partial charge is 0.478 e. The number of nitrogens with one attached hydrogen (secondary N) is 1. The number of hydrogen-bond donors (Lipinski definition) is 2. The van der Waals surface area contributed by atoms with Crippen LogP contribution in [0.5, 0.6) is 0 Å². The van der Waals surface area contributed by atoms with Gasteiger partial charge in [-0.05, 0) is 49.6 Å². The topological polar surface area (TPSA) is 66.4 Å². The van der Waals surface area contributed by atoms with E-state index in [1.165, 1.54) is 34.5 Å². The van der Waals surface area contributed by atoms with Crippen molar-refractivity contribution in [3.8, 4) is 0 Å². The Morgan fingerprint density at radius 3 is 2.55 bits per heavy atom. The van der Waals surface area contributed by atoms with Crippen molar-refractivity contribution in [3.05, 3.63) is 52.6 Å². The van der Waals surface area contributed by atoms with Crippen molar-refractivity contribution < 1.29 is 37.6 Å². The van der Waals surface area contributed by atoms with E-state index in [-0.39, 0.29) is 5.91 Å². The molecule has 0 aliphatic rings. The van der Waals surface area contributed by atoms with Crippen LogP contribution in [0.25, 0.3) is 6.08 Å². The second-order valence-electron chi connectivity index (χ2n) is 4.55. The molecule has 0 unspecified atom stereocenters. The van der Waals surface area contributed by atoms with E-state index in [2.05, 4.69) is 9.61 Å². The summed E-state index contributed by atoms with van der Waals surface area (Å²) < 4.78 is 2.58. The molecule has 0 atom stereocenters. The average Bonchev–Trinajstić information content (AvgIpc) is 2.41. The number of aliphatic carboxylic acids is 1. The third-order valence-corrected chi connectivity index (χ3v) is 3.06. The van der Waals surface area contributed by atoms with Crippen molar-refractivity contribution in [2.24, 2.45) is 0 Å². The van der Waals surface area contributed by atoms with Gasteiger partial charge in [0.25, 0.3) is 5.91 Å². The molecule has 0 bridgehead atoms. The summed E-state index contributed by atoms with van der Waals surface area (Å²) in [6.07, 6.45) is 5.33. The van der Waals surface area contributed by atoms with Crippen molar-refractivity contribution in [2.75, 3.05) is 0 Å². The minimum atomic E-state index is -1.01. The highest BCUT2D eigenvalue weighted by Crippen LogP contribution is 2.14. The van der Waals surface area contributed by atoms with Crippen LogP contribution in [-0.4, -0.2) is 17.0 Å². The number of halogens is 1. The van der Waals surface area contributed by atoms with Gasteiger partial charge in [0.2, 0.25) is 0 Å². The predicted octanol–water partition coefficient (Wildman–Crippen LogP) is -0.776. The SMILES string of the molecule is CC(C)=CCc1cc(/C=C/C(=O)O)cc(C(=O)N[IH+])c1. The van der Waals surface area contributed by atoms with Crippen molar-refractivity contribution >= 4 is 18.0 Å². The monoisotopic (exact) mass is 386 g/mol. The van der Waals surface area contributed by atoms with Crippen LogP contribution in [-0.2, 0) is 11.2 Å². The second-order valence-corrected chi connectivity index (χ2v) is 5.13. The molecule has 20 heavy (non-hydrogen) atoms. The molecule has 0 spiro atoms. The summed E-state index contributed by atoms with van der Waals surface area (Å²) in [5, 5.41) is 8.67. The molecular weight excluding hydrogens is 369 g/mol. The molecule has 0 aliphatic carbocycles. The van der Waals surface area contributed by atoms with Gasteiger partial charge in [-0.3, -0.25) is 4.79 Å². The van der Waals surface area contributed by atoms with Gasteiger partial charge in [0.1, 0.15) is 0 Å². The van der Waals surface area contributed by atoms with Gasteiger partial charge in [-0.2, -0.15) is 0 Å². The molecule has 2 N–H and O–H groups in total. The van der Waals surface area contributed by atoms with Crippen molar-refractivity contribution in [3.63, 3.8) is 0 Å². The van der Waals surface area contributed by atoms with Crippen LogP contribution in [0.1, 0.15) is 35.3 Å². The quantitative estimate of drug-likeness (QED) is 0.302.